The van der Waals surface area contributed by atoms with Gasteiger partial charge in [0.1, 0.15) is 12.2 Å². The molecule has 3 N–H and O–H groups in total. The normalized spacial score (nSPS) is 17.6. The number of alkyl halides is 1. The summed E-state index contributed by atoms with van der Waals surface area (Å²) in [6, 6.07) is 8.72. The number of pyridine rings is 1. The first-order valence-corrected chi connectivity index (χ1v) is 14.0. The van der Waals surface area contributed by atoms with Crippen molar-refractivity contribution in [3.63, 3.8) is 0 Å². The molecule has 0 unspecified atom stereocenters. The van der Waals surface area contributed by atoms with Crippen molar-refractivity contribution in [2.24, 2.45) is 0 Å². The Morgan fingerprint density at radius 1 is 1.34 bits per heavy atom. The number of hydrogen-bond donors (Lipinski definition) is 3. The molecule has 2 atom stereocenters. The van der Waals surface area contributed by atoms with E-state index in [-0.39, 0.29) is 18.2 Å². The Labute approximate surface area is 220 Å². The number of hydrogen-bond acceptors (Lipinski definition) is 8. The first-order valence-electron chi connectivity index (χ1n) is 12.1. The second kappa shape index (κ2) is 10.6. The molecule has 0 spiro atoms. The molecule has 13 heteroatoms. The van der Waals surface area contributed by atoms with Gasteiger partial charge in [0, 0.05) is 25.3 Å². The third-order valence-electron chi connectivity index (χ3n) is 6.46. The Bertz CT molecular complexity index is 1490. The molecule has 3 aromatic rings. The van der Waals surface area contributed by atoms with E-state index >= 15 is 0 Å². The van der Waals surface area contributed by atoms with Crippen molar-refractivity contribution in [1.82, 2.24) is 24.2 Å². The summed E-state index contributed by atoms with van der Waals surface area (Å²) in [5.74, 6) is -0.592. The summed E-state index contributed by atoms with van der Waals surface area (Å²) in [7, 11) is -3.38. The number of carbonyl (C=O) groups excluding carboxylic acids is 1. The molecule has 1 aliphatic heterocycles. The average molecular weight is 544 g/mol. The van der Waals surface area contributed by atoms with Crippen molar-refractivity contribution < 1.29 is 22.7 Å². The minimum atomic E-state index is -3.38. The van der Waals surface area contributed by atoms with Gasteiger partial charge >= 0.3 is 0 Å². The molecule has 202 valence electrons. The molecule has 0 bridgehead atoms. The lowest BCUT2D eigenvalue weighted by Crippen LogP contribution is -2.45. The lowest BCUT2D eigenvalue weighted by atomic mass is 10.0. The second-order valence-corrected chi connectivity index (χ2v) is 11.9. The van der Waals surface area contributed by atoms with E-state index in [1.165, 1.54) is 30.5 Å². The van der Waals surface area contributed by atoms with Crippen LogP contribution in [0.25, 0.3) is 16.9 Å². The lowest BCUT2D eigenvalue weighted by molar-refractivity contribution is -0.00177. The lowest BCUT2D eigenvalue weighted by Gasteiger charge is -2.32. The van der Waals surface area contributed by atoms with Crippen LogP contribution in [0.1, 0.15) is 42.6 Å². The zero-order chi connectivity index (χ0) is 27.7. The number of halogens is 1. The Balaban J connectivity index is 1.68. The van der Waals surface area contributed by atoms with E-state index in [1.54, 1.807) is 28.8 Å². The molecular weight excluding hydrogens is 513 g/mol. The largest absolute Gasteiger partial charge is 0.387 e. The van der Waals surface area contributed by atoms with Gasteiger partial charge in [-0.3, -0.25) is 9.78 Å². The third-order valence-corrected chi connectivity index (χ3v) is 7.73. The van der Waals surface area contributed by atoms with Crippen molar-refractivity contribution in [1.29, 1.82) is 5.26 Å². The van der Waals surface area contributed by atoms with E-state index in [0.717, 1.165) is 6.26 Å². The molecule has 1 amide bonds. The van der Waals surface area contributed by atoms with Gasteiger partial charge in [0.2, 0.25) is 10.0 Å². The second-order valence-electron chi connectivity index (χ2n) is 9.96. The minimum absolute atomic E-state index is 0.147. The maximum atomic E-state index is 14.3. The zero-order valence-corrected chi connectivity index (χ0v) is 22.2. The number of nitriles is 1. The smallest absolute Gasteiger partial charge is 0.255 e. The summed E-state index contributed by atoms with van der Waals surface area (Å²) in [6.45, 7) is 2.89. The molecular formula is C25H30FN7O4S. The SMILES string of the molecule is CC(C)(O)[C@H](F)CNC(=O)c1cnc(-c2ccc3cc(C#N)cnn23)cc1N[C@H]1CCCN(S(C)(=O)=O)C1. The molecule has 1 aliphatic rings. The van der Waals surface area contributed by atoms with Crippen molar-refractivity contribution in [2.75, 3.05) is 31.2 Å². The van der Waals surface area contributed by atoms with Crippen LogP contribution in [0, 0.1) is 11.3 Å². The van der Waals surface area contributed by atoms with Crippen LogP contribution in [0.5, 0.6) is 0 Å². The number of sulfonamides is 1. The number of anilines is 1. The molecule has 38 heavy (non-hydrogen) atoms. The number of fused-ring (bicyclic) bond motifs is 1. The predicted octanol–water partition coefficient (Wildman–Crippen LogP) is 1.94. The highest BCUT2D eigenvalue weighted by Crippen LogP contribution is 2.27. The summed E-state index contributed by atoms with van der Waals surface area (Å²) < 4.78 is 41.5. The van der Waals surface area contributed by atoms with E-state index < -0.39 is 34.2 Å². The fourth-order valence-electron chi connectivity index (χ4n) is 4.26. The summed E-state index contributed by atoms with van der Waals surface area (Å²) >= 11 is 0. The van der Waals surface area contributed by atoms with Crippen LogP contribution in [0.2, 0.25) is 0 Å². The number of carbonyl (C=O) groups is 1. The molecule has 0 radical (unpaired) electrons. The van der Waals surface area contributed by atoms with Crippen LogP contribution < -0.4 is 10.6 Å². The molecule has 4 rings (SSSR count). The molecule has 3 aromatic heterocycles. The number of piperidine rings is 1. The van der Waals surface area contributed by atoms with Crippen LogP contribution in [-0.4, -0.2) is 82.0 Å². The Hall–Kier alpha value is -3.60. The minimum Gasteiger partial charge on any atom is -0.387 e. The number of amides is 1. The zero-order valence-electron chi connectivity index (χ0n) is 21.3. The van der Waals surface area contributed by atoms with Crippen LogP contribution in [0.4, 0.5) is 10.1 Å². The van der Waals surface area contributed by atoms with E-state index in [2.05, 4.69) is 26.8 Å². The summed E-state index contributed by atoms with van der Waals surface area (Å²) in [4.78, 5) is 17.5. The van der Waals surface area contributed by atoms with Gasteiger partial charge in [0.15, 0.2) is 0 Å². The van der Waals surface area contributed by atoms with Crippen LogP contribution in [0.15, 0.2) is 36.7 Å². The molecule has 11 nitrogen and oxygen atoms in total. The fraction of sp³-hybridized carbons (Fsp3) is 0.440. The third kappa shape index (κ3) is 6.09. The van der Waals surface area contributed by atoms with Gasteiger partial charge < -0.3 is 15.7 Å². The van der Waals surface area contributed by atoms with Gasteiger partial charge in [-0.15, -0.1) is 0 Å². The van der Waals surface area contributed by atoms with Gasteiger partial charge in [-0.2, -0.15) is 10.4 Å². The highest BCUT2D eigenvalue weighted by molar-refractivity contribution is 7.88. The Kier molecular flexibility index (Phi) is 7.68. The number of aliphatic hydroxyl groups is 1. The number of rotatable bonds is 8. The topological polar surface area (TPSA) is 153 Å². The molecule has 0 saturated carbocycles. The molecule has 0 aliphatic carbocycles. The number of nitrogens with zero attached hydrogens (tertiary/aromatic N) is 5. The quantitative estimate of drug-likeness (QED) is 0.390. The monoisotopic (exact) mass is 543 g/mol. The highest BCUT2D eigenvalue weighted by Gasteiger charge is 2.29. The Morgan fingerprint density at radius 2 is 2.11 bits per heavy atom. The number of aromatic nitrogens is 3. The van der Waals surface area contributed by atoms with E-state index in [0.29, 0.717) is 47.5 Å². The number of nitrogens with one attached hydrogen (secondary N) is 2. The highest BCUT2D eigenvalue weighted by atomic mass is 32.2. The molecule has 1 fully saturated rings. The molecule has 0 aromatic carbocycles. The first kappa shape index (κ1) is 27.4. The maximum Gasteiger partial charge on any atom is 0.255 e. The van der Waals surface area contributed by atoms with Gasteiger partial charge in [-0.05, 0) is 51.0 Å². The van der Waals surface area contributed by atoms with Gasteiger partial charge in [-0.25, -0.2) is 21.6 Å². The fourth-order valence-corrected chi connectivity index (χ4v) is 5.17. The summed E-state index contributed by atoms with van der Waals surface area (Å²) in [5, 5.41) is 29.1. The Morgan fingerprint density at radius 3 is 2.79 bits per heavy atom. The molecule has 1 saturated heterocycles. The van der Waals surface area contributed by atoms with Crippen molar-refractivity contribution in [3.8, 4) is 17.5 Å². The summed E-state index contributed by atoms with van der Waals surface area (Å²) in [6.07, 6.45) is 3.61. The van der Waals surface area contributed by atoms with Gasteiger partial charge in [0.05, 0.1) is 58.3 Å². The average Bonchev–Trinajstić information content (AvgIpc) is 3.29. The standard InChI is InChI=1S/C25H30FN7O4S/c1-25(2,35)23(26)14-29-24(34)19-13-28-21(22-7-6-18-9-16(11-27)12-30-33(18)22)10-20(19)31-17-5-4-8-32(15-17)38(3,36)37/h6-7,9-10,12-13,17,23,35H,4-5,8,14-15H2,1-3H3,(H,28,31)(H,29,34)/t17-,23+/m0/s1. The van der Waals surface area contributed by atoms with Crippen molar-refractivity contribution >= 4 is 27.1 Å². The predicted molar refractivity (Wildman–Crippen MR) is 140 cm³/mol. The maximum absolute atomic E-state index is 14.3. The van der Waals surface area contributed by atoms with Crippen LogP contribution in [-0.2, 0) is 10.0 Å². The molecule has 4 heterocycles. The van der Waals surface area contributed by atoms with E-state index in [4.69, 9.17) is 5.26 Å². The van der Waals surface area contributed by atoms with Gasteiger partial charge in [-0.1, -0.05) is 0 Å². The first-order chi connectivity index (χ1) is 17.9. The van der Waals surface area contributed by atoms with Crippen molar-refractivity contribution in [2.45, 2.75) is 44.5 Å². The van der Waals surface area contributed by atoms with Crippen LogP contribution in [0.3, 0.4) is 0 Å². The summed E-state index contributed by atoms with van der Waals surface area (Å²) in [5.41, 5.74) is 1.12. The van der Waals surface area contributed by atoms with E-state index in [9.17, 15) is 22.7 Å². The van der Waals surface area contributed by atoms with Crippen LogP contribution >= 0.6 is 0 Å². The van der Waals surface area contributed by atoms with Crippen molar-refractivity contribution in [3.05, 3.63) is 47.8 Å². The van der Waals surface area contributed by atoms with E-state index in [1.807, 2.05) is 0 Å². The van der Waals surface area contributed by atoms with Gasteiger partial charge in [0.25, 0.3) is 5.91 Å².